The van der Waals surface area contributed by atoms with Crippen LogP contribution in [-0.2, 0) is 11.3 Å². The molecule has 0 fully saturated rings. The fourth-order valence-corrected chi connectivity index (χ4v) is 2.96. The highest BCUT2D eigenvalue weighted by molar-refractivity contribution is 9.10. The molecule has 0 heterocycles. The van der Waals surface area contributed by atoms with Gasteiger partial charge in [0.25, 0.3) is 5.69 Å². The van der Waals surface area contributed by atoms with Crippen LogP contribution in [0.4, 0.5) is 11.4 Å². The highest BCUT2D eigenvalue weighted by atomic mass is 79.9. The first-order valence-corrected chi connectivity index (χ1v) is 8.65. The molecule has 0 spiro atoms. The molecular weight excluding hydrogens is 402 g/mol. The summed E-state index contributed by atoms with van der Waals surface area (Å²) in [5.74, 6) is 0.560. The average molecular weight is 422 g/mol. The van der Waals surface area contributed by atoms with Gasteiger partial charge >= 0.3 is 0 Å². The molecule has 0 saturated heterocycles. The summed E-state index contributed by atoms with van der Waals surface area (Å²) >= 11 is 3.43. The van der Waals surface area contributed by atoms with Crippen LogP contribution in [0.15, 0.2) is 40.9 Å². The number of rotatable bonds is 7. The van der Waals surface area contributed by atoms with Gasteiger partial charge < -0.3 is 10.1 Å². The summed E-state index contributed by atoms with van der Waals surface area (Å²) in [5.41, 5.74) is 2.17. The van der Waals surface area contributed by atoms with Crippen molar-refractivity contribution < 1.29 is 14.5 Å². The Morgan fingerprint density at radius 2 is 2.04 bits per heavy atom. The van der Waals surface area contributed by atoms with E-state index in [2.05, 4.69) is 21.2 Å². The van der Waals surface area contributed by atoms with Gasteiger partial charge in [-0.15, -0.1) is 0 Å². The lowest BCUT2D eigenvalue weighted by Gasteiger charge is -2.18. The molecule has 0 bridgehead atoms. The molecule has 0 aromatic heterocycles. The third-order valence-electron chi connectivity index (χ3n) is 3.79. The van der Waals surface area contributed by atoms with Gasteiger partial charge in [0.15, 0.2) is 0 Å². The number of non-ortho nitro benzene ring substituents is 1. The molecule has 1 amide bonds. The first-order valence-electron chi connectivity index (χ1n) is 7.86. The number of likely N-dealkylation sites (N-methyl/N-ethyl adjacent to an activating group) is 1. The zero-order valence-electron chi connectivity index (χ0n) is 14.8. The van der Waals surface area contributed by atoms with E-state index in [0.717, 1.165) is 15.8 Å². The molecule has 8 heteroatoms. The van der Waals surface area contributed by atoms with Crippen molar-refractivity contribution in [1.82, 2.24) is 4.90 Å². The summed E-state index contributed by atoms with van der Waals surface area (Å²) in [6, 6.07) is 10.1. The Morgan fingerprint density at radius 1 is 1.31 bits per heavy atom. The molecule has 7 nitrogen and oxygen atoms in total. The van der Waals surface area contributed by atoms with Crippen LogP contribution in [0, 0.1) is 17.0 Å². The number of ether oxygens (including phenoxy) is 1. The van der Waals surface area contributed by atoms with E-state index in [0.29, 0.717) is 17.8 Å². The van der Waals surface area contributed by atoms with Crippen LogP contribution >= 0.6 is 15.9 Å². The summed E-state index contributed by atoms with van der Waals surface area (Å²) in [6.45, 7) is 2.43. The van der Waals surface area contributed by atoms with E-state index in [1.165, 1.54) is 12.1 Å². The topological polar surface area (TPSA) is 84.7 Å². The monoisotopic (exact) mass is 421 g/mol. The number of hydrogen-bond acceptors (Lipinski definition) is 5. The van der Waals surface area contributed by atoms with Crippen molar-refractivity contribution in [2.45, 2.75) is 13.5 Å². The largest absolute Gasteiger partial charge is 0.496 e. The van der Waals surface area contributed by atoms with Crippen molar-refractivity contribution in [2.75, 3.05) is 26.0 Å². The number of aryl methyl sites for hydroxylation is 1. The van der Waals surface area contributed by atoms with E-state index in [9.17, 15) is 14.9 Å². The van der Waals surface area contributed by atoms with E-state index >= 15 is 0 Å². The normalized spacial score (nSPS) is 10.7. The van der Waals surface area contributed by atoms with Gasteiger partial charge in [0, 0.05) is 34.4 Å². The van der Waals surface area contributed by atoms with Gasteiger partial charge in [0.2, 0.25) is 5.91 Å². The number of benzene rings is 2. The SMILES string of the molecule is COc1ccc(Br)cc1CN(C)CC(=O)Nc1ccc([N+](=O)[O-])cc1C. The van der Waals surface area contributed by atoms with E-state index < -0.39 is 4.92 Å². The number of anilines is 1. The van der Waals surface area contributed by atoms with E-state index in [4.69, 9.17) is 4.74 Å². The van der Waals surface area contributed by atoms with Crippen molar-refractivity contribution in [1.29, 1.82) is 0 Å². The lowest BCUT2D eigenvalue weighted by Crippen LogP contribution is -2.30. The predicted octanol–water partition coefficient (Wildman–Crippen LogP) is 3.74. The summed E-state index contributed by atoms with van der Waals surface area (Å²) in [4.78, 5) is 24.5. The Balaban J connectivity index is 1.99. The maximum Gasteiger partial charge on any atom is 0.269 e. The first-order chi connectivity index (χ1) is 12.3. The van der Waals surface area contributed by atoms with Crippen LogP contribution in [0.2, 0.25) is 0 Å². The lowest BCUT2D eigenvalue weighted by molar-refractivity contribution is -0.384. The van der Waals surface area contributed by atoms with Crippen molar-refractivity contribution in [3.8, 4) is 5.75 Å². The van der Waals surface area contributed by atoms with Gasteiger partial charge in [-0.2, -0.15) is 0 Å². The highest BCUT2D eigenvalue weighted by Crippen LogP contribution is 2.24. The van der Waals surface area contributed by atoms with Gasteiger partial charge in [-0.3, -0.25) is 19.8 Å². The van der Waals surface area contributed by atoms with E-state index in [-0.39, 0.29) is 18.1 Å². The second-order valence-corrected chi connectivity index (χ2v) is 6.85. The number of amides is 1. The van der Waals surface area contributed by atoms with Crippen LogP contribution in [0.25, 0.3) is 0 Å². The number of halogens is 1. The molecule has 2 aromatic carbocycles. The fourth-order valence-electron chi connectivity index (χ4n) is 2.55. The van der Waals surface area contributed by atoms with Crippen molar-refractivity contribution >= 4 is 33.2 Å². The number of hydrogen-bond donors (Lipinski definition) is 1. The van der Waals surface area contributed by atoms with Gasteiger partial charge in [-0.25, -0.2) is 0 Å². The van der Waals surface area contributed by atoms with Crippen molar-refractivity contribution in [3.05, 3.63) is 62.1 Å². The maximum absolute atomic E-state index is 12.3. The molecule has 0 saturated carbocycles. The van der Waals surface area contributed by atoms with Crippen LogP contribution < -0.4 is 10.1 Å². The van der Waals surface area contributed by atoms with Crippen LogP contribution in [-0.4, -0.2) is 36.4 Å². The molecule has 26 heavy (non-hydrogen) atoms. The molecule has 1 N–H and O–H groups in total. The Morgan fingerprint density at radius 3 is 2.65 bits per heavy atom. The zero-order valence-corrected chi connectivity index (χ0v) is 16.4. The number of nitro benzene ring substituents is 1. The summed E-state index contributed by atoms with van der Waals surface area (Å²) < 4.78 is 6.28. The maximum atomic E-state index is 12.3. The Hall–Kier alpha value is -2.45. The molecule has 2 rings (SSSR count). The third kappa shape index (κ3) is 5.27. The number of carbonyl (C=O) groups excluding carboxylic acids is 1. The Bertz CT molecular complexity index is 826. The lowest BCUT2D eigenvalue weighted by atomic mass is 10.1. The summed E-state index contributed by atoms with van der Waals surface area (Å²) in [5, 5.41) is 13.6. The van der Waals surface area contributed by atoms with Gasteiger partial charge in [0.05, 0.1) is 18.6 Å². The minimum Gasteiger partial charge on any atom is -0.496 e. The standard InChI is InChI=1S/C18H20BrN3O4/c1-12-8-15(22(24)25)5-6-16(12)20-18(23)11-21(2)10-13-9-14(19)4-7-17(13)26-3/h4-9H,10-11H2,1-3H3,(H,20,23). The minimum absolute atomic E-state index is 0.000586. The molecule has 138 valence electrons. The molecule has 0 unspecified atom stereocenters. The van der Waals surface area contributed by atoms with Crippen LogP contribution in [0.5, 0.6) is 5.75 Å². The van der Waals surface area contributed by atoms with Gasteiger partial charge in [0.1, 0.15) is 5.75 Å². The number of carbonyl (C=O) groups is 1. The number of methoxy groups -OCH3 is 1. The molecule has 0 aliphatic carbocycles. The summed E-state index contributed by atoms with van der Waals surface area (Å²) in [6.07, 6.45) is 0. The molecule has 0 radical (unpaired) electrons. The molecular formula is C18H20BrN3O4. The average Bonchev–Trinajstić information content (AvgIpc) is 2.56. The van der Waals surface area contributed by atoms with E-state index in [1.807, 2.05) is 30.1 Å². The Kier molecular flexibility index (Phi) is 6.70. The van der Waals surface area contributed by atoms with E-state index in [1.54, 1.807) is 20.1 Å². The smallest absolute Gasteiger partial charge is 0.269 e. The third-order valence-corrected chi connectivity index (χ3v) is 4.28. The number of nitro groups is 1. The quantitative estimate of drug-likeness (QED) is 0.543. The highest BCUT2D eigenvalue weighted by Gasteiger charge is 2.13. The van der Waals surface area contributed by atoms with Crippen LogP contribution in [0.3, 0.4) is 0 Å². The zero-order chi connectivity index (χ0) is 19.3. The van der Waals surface area contributed by atoms with Gasteiger partial charge in [-0.1, -0.05) is 15.9 Å². The number of nitrogens with zero attached hydrogens (tertiary/aromatic N) is 2. The predicted molar refractivity (Wildman–Crippen MR) is 103 cm³/mol. The molecule has 0 aliphatic heterocycles. The molecule has 2 aromatic rings. The van der Waals surface area contributed by atoms with Crippen LogP contribution in [0.1, 0.15) is 11.1 Å². The fraction of sp³-hybridized carbons (Fsp3) is 0.278. The Labute approximate surface area is 160 Å². The second-order valence-electron chi connectivity index (χ2n) is 5.93. The second kappa shape index (κ2) is 8.77. The first kappa shape index (κ1) is 19.9. The summed E-state index contributed by atoms with van der Waals surface area (Å²) in [7, 11) is 3.44. The van der Waals surface area contributed by atoms with Crippen molar-refractivity contribution in [2.24, 2.45) is 0 Å². The van der Waals surface area contributed by atoms with Crippen molar-refractivity contribution in [3.63, 3.8) is 0 Å². The van der Waals surface area contributed by atoms with Gasteiger partial charge in [-0.05, 0) is 43.8 Å². The molecule has 0 atom stereocenters. The molecule has 0 aliphatic rings. The number of nitrogens with one attached hydrogen (secondary N) is 1. The minimum atomic E-state index is -0.461.